The van der Waals surface area contributed by atoms with Gasteiger partial charge >= 0.3 is 5.63 Å². The van der Waals surface area contributed by atoms with Gasteiger partial charge < -0.3 is 14.3 Å². The van der Waals surface area contributed by atoms with Crippen molar-refractivity contribution in [1.29, 1.82) is 0 Å². The molecule has 6 heteroatoms. The number of benzene rings is 1. The summed E-state index contributed by atoms with van der Waals surface area (Å²) in [5, 5.41) is 3.92. The third-order valence-corrected chi connectivity index (χ3v) is 3.33. The van der Waals surface area contributed by atoms with E-state index in [0.717, 1.165) is 13.0 Å². The topological polar surface area (TPSA) is 77.1 Å². The van der Waals surface area contributed by atoms with Crippen LogP contribution in [0.2, 0.25) is 0 Å². The molecule has 0 spiro atoms. The molecular weight excluding hydrogens is 282 g/mol. The lowest BCUT2D eigenvalue weighted by molar-refractivity contribution is 0.0921. The summed E-state index contributed by atoms with van der Waals surface area (Å²) < 4.78 is 7.01. The van der Waals surface area contributed by atoms with Crippen LogP contribution in [0.25, 0.3) is 10.8 Å². The summed E-state index contributed by atoms with van der Waals surface area (Å²) in [5.74, 6) is -0.347. The van der Waals surface area contributed by atoms with Crippen molar-refractivity contribution in [2.24, 2.45) is 0 Å². The number of imidazole rings is 1. The lowest BCUT2D eigenvalue weighted by atomic mass is 10.1. The van der Waals surface area contributed by atoms with Crippen LogP contribution in [0.15, 0.2) is 58.3 Å². The Kier molecular flexibility index (Phi) is 4.00. The maximum Gasteiger partial charge on any atom is 0.344 e. The number of amides is 1. The molecule has 0 unspecified atom stereocenters. The standard InChI is InChI=1S/C16H15N3O3/c20-15(18-6-3-8-19-9-7-17-11-19)14-10-12-4-1-2-5-13(12)16(21)22-14/h1-2,4-5,7,9-11H,3,6,8H2,(H,18,20). The quantitative estimate of drug-likeness (QED) is 0.729. The first-order chi connectivity index (χ1) is 10.7. The molecule has 2 aromatic heterocycles. The summed E-state index contributed by atoms with van der Waals surface area (Å²) in [6.07, 6.45) is 6.07. The van der Waals surface area contributed by atoms with Gasteiger partial charge in [-0.2, -0.15) is 0 Å². The minimum Gasteiger partial charge on any atom is -0.417 e. The van der Waals surface area contributed by atoms with Gasteiger partial charge in [0.15, 0.2) is 5.76 Å². The van der Waals surface area contributed by atoms with Gasteiger partial charge in [-0.25, -0.2) is 9.78 Å². The summed E-state index contributed by atoms with van der Waals surface area (Å²) in [6, 6.07) is 8.61. The predicted molar refractivity (Wildman–Crippen MR) is 81.7 cm³/mol. The molecule has 2 heterocycles. The highest BCUT2D eigenvalue weighted by atomic mass is 16.4. The molecule has 0 fully saturated rings. The second kappa shape index (κ2) is 6.26. The molecule has 3 rings (SSSR count). The van der Waals surface area contributed by atoms with Gasteiger partial charge in [-0.3, -0.25) is 4.79 Å². The van der Waals surface area contributed by atoms with Gasteiger partial charge in [-0.15, -0.1) is 0 Å². The van der Waals surface area contributed by atoms with E-state index in [1.54, 1.807) is 36.8 Å². The second-order valence-electron chi connectivity index (χ2n) is 4.90. The van der Waals surface area contributed by atoms with Crippen LogP contribution in [0.3, 0.4) is 0 Å². The fourth-order valence-corrected chi connectivity index (χ4v) is 2.22. The zero-order valence-electron chi connectivity index (χ0n) is 11.9. The fourth-order valence-electron chi connectivity index (χ4n) is 2.22. The maximum absolute atomic E-state index is 12.0. The van der Waals surface area contributed by atoms with Crippen LogP contribution in [0, 0.1) is 0 Å². The number of hydrogen-bond donors (Lipinski definition) is 1. The van der Waals surface area contributed by atoms with Crippen molar-refractivity contribution in [1.82, 2.24) is 14.9 Å². The Bertz CT molecular complexity index is 837. The van der Waals surface area contributed by atoms with Crippen molar-refractivity contribution in [2.45, 2.75) is 13.0 Å². The molecule has 0 atom stereocenters. The highest BCUT2D eigenvalue weighted by molar-refractivity contribution is 5.95. The number of carbonyl (C=O) groups is 1. The number of nitrogens with zero attached hydrogens (tertiary/aromatic N) is 2. The van der Waals surface area contributed by atoms with Gasteiger partial charge in [0, 0.05) is 25.5 Å². The fraction of sp³-hybridized carbons (Fsp3) is 0.188. The average molecular weight is 297 g/mol. The normalized spacial score (nSPS) is 10.7. The number of hydrogen-bond acceptors (Lipinski definition) is 4. The van der Waals surface area contributed by atoms with E-state index in [-0.39, 0.29) is 11.7 Å². The second-order valence-corrected chi connectivity index (χ2v) is 4.90. The first-order valence-electron chi connectivity index (χ1n) is 7.01. The Morgan fingerprint density at radius 1 is 1.32 bits per heavy atom. The summed E-state index contributed by atoms with van der Waals surface area (Å²) in [7, 11) is 0. The van der Waals surface area contributed by atoms with Crippen molar-refractivity contribution < 1.29 is 9.21 Å². The molecule has 1 aromatic carbocycles. The van der Waals surface area contributed by atoms with Crippen molar-refractivity contribution in [3.63, 3.8) is 0 Å². The van der Waals surface area contributed by atoms with Crippen LogP contribution in [-0.2, 0) is 6.54 Å². The van der Waals surface area contributed by atoms with Crippen LogP contribution < -0.4 is 10.9 Å². The number of fused-ring (bicyclic) bond motifs is 1. The van der Waals surface area contributed by atoms with Gasteiger partial charge in [0.2, 0.25) is 0 Å². The number of nitrogens with one attached hydrogen (secondary N) is 1. The van der Waals surface area contributed by atoms with Crippen molar-refractivity contribution in [3.8, 4) is 0 Å². The zero-order chi connectivity index (χ0) is 15.4. The molecule has 0 aliphatic rings. The highest BCUT2D eigenvalue weighted by Gasteiger charge is 2.11. The smallest absolute Gasteiger partial charge is 0.344 e. The molecule has 0 aliphatic carbocycles. The largest absolute Gasteiger partial charge is 0.417 e. The third kappa shape index (κ3) is 3.06. The molecule has 6 nitrogen and oxygen atoms in total. The van der Waals surface area contributed by atoms with Crippen molar-refractivity contribution >= 4 is 16.7 Å². The Labute approximate surface area is 126 Å². The molecule has 0 radical (unpaired) electrons. The minimum absolute atomic E-state index is 0.0336. The maximum atomic E-state index is 12.0. The van der Waals surface area contributed by atoms with E-state index in [9.17, 15) is 9.59 Å². The molecule has 1 N–H and O–H groups in total. The van der Waals surface area contributed by atoms with E-state index in [1.807, 2.05) is 16.8 Å². The molecule has 0 saturated carbocycles. The van der Waals surface area contributed by atoms with Crippen LogP contribution in [-0.4, -0.2) is 22.0 Å². The Balaban J connectivity index is 1.63. The zero-order valence-corrected chi connectivity index (χ0v) is 11.9. The third-order valence-electron chi connectivity index (χ3n) is 3.33. The Morgan fingerprint density at radius 2 is 2.18 bits per heavy atom. The van der Waals surface area contributed by atoms with Gasteiger partial charge in [-0.1, -0.05) is 18.2 Å². The molecule has 0 bridgehead atoms. The Hall–Kier alpha value is -2.89. The van der Waals surface area contributed by atoms with Crippen LogP contribution in [0.4, 0.5) is 0 Å². The average Bonchev–Trinajstić information content (AvgIpc) is 3.04. The van der Waals surface area contributed by atoms with Crippen LogP contribution in [0.5, 0.6) is 0 Å². The number of aromatic nitrogens is 2. The van der Waals surface area contributed by atoms with E-state index in [0.29, 0.717) is 17.3 Å². The first-order valence-corrected chi connectivity index (χ1v) is 7.01. The van der Waals surface area contributed by atoms with Crippen LogP contribution >= 0.6 is 0 Å². The number of aryl methyl sites for hydroxylation is 1. The Morgan fingerprint density at radius 3 is 3.00 bits per heavy atom. The molecule has 22 heavy (non-hydrogen) atoms. The van der Waals surface area contributed by atoms with Gasteiger partial charge in [0.25, 0.3) is 5.91 Å². The van der Waals surface area contributed by atoms with Crippen molar-refractivity contribution in [3.05, 3.63) is 65.2 Å². The summed E-state index contributed by atoms with van der Waals surface area (Å²) >= 11 is 0. The van der Waals surface area contributed by atoms with Gasteiger partial charge in [0.05, 0.1) is 11.7 Å². The van der Waals surface area contributed by atoms with Gasteiger partial charge in [-0.05, 0) is 23.9 Å². The summed E-state index contributed by atoms with van der Waals surface area (Å²) in [5.41, 5.74) is -0.498. The van der Waals surface area contributed by atoms with Crippen molar-refractivity contribution in [2.75, 3.05) is 6.54 Å². The molecule has 1 amide bonds. The van der Waals surface area contributed by atoms with E-state index in [4.69, 9.17) is 4.42 Å². The summed E-state index contributed by atoms with van der Waals surface area (Å²) in [6.45, 7) is 1.26. The summed E-state index contributed by atoms with van der Waals surface area (Å²) in [4.78, 5) is 27.8. The molecule has 0 saturated heterocycles. The molecule has 112 valence electrons. The van der Waals surface area contributed by atoms with E-state index >= 15 is 0 Å². The lowest BCUT2D eigenvalue weighted by Crippen LogP contribution is -2.26. The number of rotatable bonds is 5. The number of carbonyl (C=O) groups excluding carboxylic acids is 1. The first kappa shape index (κ1) is 14.1. The molecule has 0 aliphatic heterocycles. The van der Waals surface area contributed by atoms with E-state index < -0.39 is 5.63 Å². The lowest BCUT2D eigenvalue weighted by Gasteiger charge is -2.05. The van der Waals surface area contributed by atoms with E-state index in [1.165, 1.54) is 0 Å². The monoisotopic (exact) mass is 297 g/mol. The predicted octanol–water partition coefficient (Wildman–Crippen LogP) is 1.81. The highest BCUT2D eigenvalue weighted by Crippen LogP contribution is 2.11. The SMILES string of the molecule is O=C(NCCCn1ccnc1)c1cc2ccccc2c(=O)o1. The minimum atomic E-state index is -0.498. The van der Waals surface area contributed by atoms with Crippen LogP contribution in [0.1, 0.15) is 17.0 Å². The molecular formula is C16H15N3O3. The van der Waals surface area contributed by atoms with Gasteiger partial charge in [0.1, 0.15) is 0 Å². The molecule has 3 aromatic rings. The van der Waals surface area contributed by atoms with E-state index in [2.05, 4.69) is 10.3 Å².